The second kappa shape index (κ2) is 10.2. The van der Waals surface area contributed by atoms with Gasteiger partial charge in [0.1, 0.15) is 14.8 Å². The molecule has 8 nitrogen and oxygen atoms in total. The molecule has 5 rings (SSSR count). The van der Waals surface area contributed by atoms with Gasteiger partial charge in [0.15, 0.2) is 11.2 Å². The van der Waals surface area contributed by atoms with E-state index in [1.54, 1.807) is 27.3 Å². The van der Waals surface area contributed by atoms with Gasteiger partial charge in [0.2, 0.25) is 0 Å². The summed E-state index contributed by atoms with van der Waals surface area (Å²) in [4.78, 5) is 32.1. The Morgan fingerprint density at radius 3 is 2.49 bits per heavy atom. The van der Waals surface area contributed by atoms with Crippen LogP contribution in [0.2, 0.25) is 10.0 Å². The van der Waals surface area contributed by atoms with Crippen molar-refractivity contribution in [2.24, 2.45) is 5.92 Å². The lowest BCUT2D eigenvalue weighted by Crippen LogP contribution is -2.39. The normalized spacial score (nSPS) is 14.9. The van der Waals surface area contributed by atoms with E-state index >= 15 is 0 Å². The number of imidazole rings is 1. The lowest BCUT2D eigenvalue weighted by Gasteiger charge is -2.23. The first kappa shape index (κ1) is 24.2. The maximum atomic E-state index is 13.7. The minimum absolute atomic E-state index is 0.290. The van der Waals surface area contributed by atoms with Crippen LogP contribution in [0, 0.1) is 5.92 Å². The van der Waals surface area contributed by atoms with Crippen LogP contribution >= 0.6 is 32.2 Å². The van der Waals surface area contributed by atoms with E-state index in [0.717, 1.165) is 30.3 Å². The lowest BCUT2D eigenvalue weighted by molar-refractivity contribution is 0.330. The van der Waals surface area contributed by atoms with Crippen molar-refractivity contribution in [1.82, 2.24) is 23.8 Å². The van der Waals surface area contributed by atoms with Crippen LogP contribution in [0.3, 0.4) is 0 Å². The highest BCUT2D eigenvalue weighted by Crippen LogP contribution is 2.32. The Balaban J connectivity index is 1.87. The zero-order valence-corrected chi connectivity index (χ0v) is 21.5. The molecule has 0 saturated carbocycles. The number of benzene rings is 2. The highest BCUT2D eigenvalue weighted by Gasteiger charge is 2.26. The number of aromatic nitrogens is 4. The topological polar surface area (TPSA) is 83.1 Å². The van der Waals surface area contributed by atoms with Gasteiger partial charge in [-0.3, -0.25) is 13.9 Å². The summed E-state index contributed by atoms with van der Waals surface area (Å²) >= 11 is 12.7. The van der Waals surface area contributed by atoms with Crippen molar-refractivity contribution in [3.8, 4) is 17.1 Å². The number of fused-ring (bicyclic) bond motifs is 1. The molecule has 1 N–H and O–H groups in total. The molecule has 0 bridgehead atoms. The first-order chi connectivity index (χ1) is 17.0. The fourth-order valence-corrected chi connectivity index (χ4v) is 5.43. The van der Waals surface area contributed by atoms with Crippen LogP contribution in [0.5, 0.6) is 0 Å². The molecule has 2 aromatic carbocycles. The van der Waals surface area contributed by atoms with E-state index in [1.165, 1.54) is 7.11 Å². The minimum Gasteiger partial charge on any atom is -0.344 e. The predicted molar refractivity (Wildman–Crippen MR) is 141 cm³/mol. The van der Waals surface area contributed by atoms with Crippen LogP contribution in [0.15, 0.2) is 58.1 Å². The van der Waals surface area contributed by atoms with Gasteiger partial charge in [0.05, 0.1) is 5.02 Å². The molecule has 2 aromatic heterocycles. The minimum atomic E-state index is -0.465. The molecule has 0 amide bonds. The fourth-order valence-electron chi connectivity index (χ4n) is 4.52. The summed E-state index contributed by atoms with van der Waals surface area (Å²) in [5.41, 5.74) is 1.07. The molecule has 1 fully saturated rings. The van der Waals surface area contributed by atoms with Crippen LogP contribution in [0.25, 0.3) is 28.2 Å². The van der Waals surface area contributed by atoms with E-state index in [0.29, 0.717) is 50.7 Å². The zero-order chi connectivity index (χ0) is 24.5. The Labute approximate surface area is 213 Å². The summed E-state index contributed by atoms with van der Waals surface area (Å²) in [5, 5.41) is 4.41. The molecule has 1 unspecified atom stereocenters. The maximum Gasteiger partial charge on any atom is 0.337 e. The van der Waals surface area contributed by atoms with E-state index in [4.69, 9.17) is 32.7 Å². The molecule has 1 aliphatic rings. The molecule has 0 aliphatic carbocycles. The van der Waals surface area contributed by atoms with Gasteiger partial charge in [0.25, 0.3) is 5.56 Å². The van der Waals surface area contributed by atoms with E-state index in [2.05, 4.69) is 5.32 Å². The number of hydrogen-bond acceptors (Lipinski definition) is 5. The van der Waals surface area contributed by atoms with Gasteiger partial charge < -0.3 is 9.84 Å². The predicted octanol–water partition coefficient (Wildman–Crippen LogP) is 4.33. The maximum absolute atomic E-state index is 13.7. The van der Waals surface area contributed by atoms with Gasteiger partial charge in [0, 0.05) is 29.9 Å². The molecule has 3 heterocycles. The van der Waals surface area contributed by atoms with Crippen molar-refractivity contribution in [1.29, 1.82) is 0 Å². The molecule has 182 valence electrons. The highest BCUT2D eigenvalue weighted by atomic mass is 35.5. The van der Waals surface area contributed by atoms with Crippen LogP contribution in [0.4, 0.5) is 0 Å². The van der Waals surface area contributed by atoms with Gasteiger partial charge in [-0.1, -0.05) is 35.3 Å². The number of nitrogens with zero attached hydrogens (tertiary/aromatic N) is 4. The van der Waals surface area contributed by atoms with Crippen molar-refractivity contribution >= 4 is 43.3 Å². The Bertz CT molecular complexity index is 1490. The number of hydrogen-bond donors (Lipinski definition) is 1. The zero-order valence-electron chi connectivity index (χ0n) is 19.0. The average Bonchev–Trinajstić information content (AvgIpc) is 3.26. The Hall–Kier alpha value is -2.48. The number of rotatable bonds is 6. The quantitative estimate of drug-likeness (QED) is 0.374. The monoisotopic (exact) mass is 531 g/mol. The summed E-state index contributed by atoms with van der Waals surface area (Å²) in [7, 11) is 1.02. The summed E-state index contributed by atoms with van der Waals surface area (Å²) in [6.45, 7) is 2.25. The molecule has 1 saturated heterocycles. The van der Waals surface area contributed by atoms with Crippen LogP contribution < -0.4 is 16.6 Å². The van der Waals surface area contributed by atoms with E-state index in [1.807, 2.05) is 30.3 Å². The largest absolute Gasteiger partial charge is 0.344 e. The third kappa shape index (κ3) is 4.57. The summed E-state index contributed by atoms with van der Waals surface area (Å²) in [6.07, 6.45) is 1.88. The summed E-state index contributed by atoms with van der Waals surface area (Å²) < 4.78 is 9.77. The molecule has 0 spiro atoms. The standard InChI is InChI=1S/C24H24Cl2N5O3P/c1-34-35-31-23(32)20-22(29(24(31)33)14-15-10-12-27-13-11-15)28-21(18-4-2-3-5-19(18)26)30(20)17-8-6-16(25)7-9-17/h2-9,15,27,35H,10-14H2,1H3. The molecule has 0 radical (unpaired) electrons. The van der Waals surface area contributed by atoms with Crippen LogP contribution in [0.1, 0.15) is 12.8 Å². The third-order valence-electron chi connectivity index (χ3n) is 6.22. The molecule has 1 atom stereocenters. The Morgan fingerprint density at radius 2 is 1.80 bits per heavy atom. The molecule has 1 aliphatic heterocycles. The number of halogens is 2. The average molecular weight is 532 g/mol. The van der Waals surface area contributed by atoms with Gasteiger partial charge in [-0.05, 0) is 68.2 Å². The molecular weight excluding hydrogens is 508 g/mol. The van der Waals surface area contributed by atoms with Crippen molar-refractivity contribution in [3.05, 3.63) is 79.4 Å². The van der Waals surface area contributed by atoms with Gasteiger partial charge >= 0.3 is 5.69 Å². The molecule has 11 heteroatoms. The first-order valence-electron chi connectivity index (χ1n) is 11.3. The number of piperidine rings is 1. The SMILES string of the molecule is COPn1c(=O)c2c(nc(-c3ccccc3Cl)n2-c2ccc(Cl)cc2)n(CC2CCNCC2)c1=O. The van der Waals surface area contributed by atoms with Gasteiger partial charge in [-0.2, -0.15) is 0 Å². The van der Waals surface area contributed by atoms with Crippen molar-refractivity contribution in [2.75, 3.05) is 20.2 Å². The van der Waals surface area contributed by atoms with E-state index < -0.39 is 20.2 Å². The molecule has 35 heavy (non-hydrogen) atoms. The second-order valence-electron chi connectivity index (χ2n) is 8.42. The number of nitrogens with one attached hydrogen (secondary N) is 1. The van der Waals surface area contributed by atoms with E-state index in [-0.39, 0.29) is 0 Å². The van der Waals surface area contributed by atoms with Crippen molar-refractivity contribution in [2.45, 2.75) is 19.4 Å². The van der Waals surface area contributed by atoms with Crippen LogP contribution in [-0.2, 0) is 11.1 Å². The summed E-state index contributed by atoms with van der Waals surface area (Å²) in [5.74, 6) is 0.764. The first-order valence-corrected chi connectivity index (χ1v) is 12.9. The van der Waals surface area contributed by atoms with Gasteiger partial charge in [-0.15, -0.1) is 0 Å². The fraction of sp³-hybridized carbons (Fsp3) is 0.292. The third-order valence-corrected chi connectivity index (χ3v) is 7.57. The Kier molecular flexibility index (Phi) is 7.09. The molecular formula is C24H24Cl2N5O3P. The van der Waals surface area contributed by atoms with Crippen molar-refractivity contribution in [3.63, 3.8) is 0 Å². The highest BCUT2D eigenvalue weighted by molar-refractivity contribution is 7.30. The second-order valence-corrected chi connectivity index (χ2v) is 10.3. The summed E-state index contributed by atoms with van der Waals surface area (Å²) in [6, 6.07) is 14.4. The van der Waals surface area contributed by atoms with Gasteiger partial charge in [-0.25, -0.2) is 14.1 Å². The lowest BCUT2D eigenvalue weighted by atomic mass is 9.98. The van der Waals surface area contributed by atoms with Crippen molar-refractivity contribution < 1.29 is 4.52 Å². The molecule has 4 aromatic rings. The van der Waals surface area contributed by atoms with E-state index in [9.17, 15) is 9.59 Å². The Morgan fingerprint density at radius 1 is 1.09 bits per heavy atom. The smallest absolute Gasteiger partial charge is 0.337 e. The van der Waals surface area contributed by atoms with Crippen LogP contribution in [-0.4, -0.2) is 38.7 Å².